The molecule has 1 aromatic heterocycles. The van der Waals surface area contributed by atoms with Crippen molar-refractivity contribution in [1.82, 2.24) is 9.88 Å². The van der Waals surface area contributed by atoms with E-state index in [9.17, 15) is 0 Å². The van der Waals surface area contributed by atoms with Gasteiger partial charge >= 0.3 is 0 Å². The summed E-state index contributed by atoms with van der Waals surface area (Å²) in [5.41, 5.74) is 0. The number of likely N-dealkylation sites (tertiary alicyclic amines) is 1. The van der Waals surface area contributed by atoms with Gasteiger partial charge in [0.15, 0.2) is 5.13 Å². The number of hydrogen-bond acceptors (Lipinski definition) is 4. The van der Waals surface area contributed by atoms with Crippen LogP contribution in [-0.4, -0.2) is 35.6 Å². The van der Waals surface area contributed by atoms with E-state index < -0.39 is 0 Å². The van der Waals surface area contributed by atoms with Crippen molar-refractivity contribution in [2.45, 2.75) is 25.8 Å². The summed E-state index contributed by atoms with van der Waals surface area (Å²) >= 11 is 5.00. The molecular formula is C10H16BrN3S. The fraction of sp³-hybridized carbons (Fsp3) is 0.700. The van der Waals surface area contributed by atoms with E-state index in [-0.39, 0.29) is 0 Å². The highest BCUT2D eigenvalue weighted by Crippen LogP contribution is 2.20. The molecule has 1 aliphatic rings. The molecule has 0 amide bonds. The molecule has 5 heteroatoms. The van der Waals surface area contributed by atoms with Gasteiger partial charge in [-0.05, 0) is 48.8 Å². The number of anilines is 1. The third-order valence-corrected chi connectivity index (χ3v) is 4.30. The molecule has 2 rings (SSSR count). The third kappa shape index (κ3) is 3.16. The second-order valence-electron chi connectivity index (χ2n) is 3.95. The molecule has 1 N–H and O–H groups in total. The molecule has 1 aliphatic heterocycles. The van der Waals surface area contributed by atoms with Crippen LogP contribution in [-0.2, 0) is 0 Å². The summed E-state index contributed by atoms with van der Waals surface area (Å²) in [4.78, 5) is 6.85. The van der Waals surface area contributed by atoms with Crippen LogP contribution in [0.2, 0.25) is 0 Å². The third-order valence-electron chi connectivity index (χ3n) is 2.79. The summed E-state index contributed by atoms with van der Waals surface area (Å²) in [5.74, 6) is 0. The molecule has 2 heterocycles. The molecule has 1 saturated heterocycles. The maximum Gasteiger partial charge on any atom is 0.183 e. The minimum Gasteiger partial charge on any atom is -0.360 e. The van der Waals surface area contributed by atoms with Crippen molar-refractivity contribution in [2.75, 3.05) is 25.0 Å². The Balaban J connectivity index is 1.77. The molecule has 15 heavy (non-hydrogen) atoms. The van der Waals surface area contributed by atoms with Gasteiger partial charge in [0.2, 0.25) is 0 Å². The molecule has 0 saturated carbocycles. The maximum absolute atomic E-state index is 4.31. The molecule has 0 aromatic carbocycles. The van der Waals surface area contributed by atoms with Crippen LogP contribution in [0.15, 0.2) is 9.98 Å². The molecule has 0 radical (unpaired) electrons. The first-order chi connectivity index (χ1) is 7.25. The first-order valence-electron chi connectivity index (χ1n) is 5.34. The van der Waals surface area contributed by atoms with Crippen molar-refractivity contribution in [3.05, 3.63) is 9.98 Å². The molecule has 0 bridgehead atoms. The van der Waals surface area contributed by atoms with Crippen molar-refractivity contribution in [2.24, 2.45) is 0 Å². The summed E-state index contributed by atoms with van der Waals surface area (Å²) < 4.78 is 0.920. The van der Waals surface area contributed by atoms with E-state index in [1.165, 1.54) is 25.9 Å². The summed E-state index contributed by atoms with van der Waals surface area (Å²) in [6, 6.07) is 0.607. The second kappa shape index (κ2) is 5.27. The van der Waals surface area contributed by atoms with Gasteiger partial charge in [0, 0.05) is 18.0 Å². The molecular weight excluding hydrogens is 274 g/mol. The number of aromatic nitrogens is 1. The minimum atomic E-state index is 0.607. The Morgan fingerprint density at radius 2 is 2.33 bits per heavy atom. The highest BCUT2D eigenvalue weighted by atomic mass is 79.9. The Hall–Kier alpha value is -0.130. The van der Waals surface area contributed by atoms with Gasteiger partial charge in [0.05, 0.1) is 0 Å². The number of rotatable bonds is 4. The summed E-state index contributed by atoms with van der Waals surface area (Å²) in [7, 11) is 0. The predicted octanol–water partition coefficient (Wildman–Crippen LogP) is 2.80. The Kier molecular flexibility index (Phi) is 3.99. The number of hydrogen-bond donors (Lipinski definition) is 1. The van der Waals surface area contributed by atoms with Gasteiger partial charge in [0.25, 0.3) is 0 Å². The van der Waals surface area contributed by atoms with Crippen molar-refractivity contribution in [3.8, 4) is 0 Å². The SMILES string of the molecule is CC(CNc1nc(Br)cs1)N1CCCC1. The van der Waals surface area contributed by atoms with Crippen LogP contribution >= 0.6 is 27.3 Å². The summed E-state index contributed by atoms with van der Waals surface area (Å²) in [6.45, 7) is 5.77. The summed E-state index contributed by atoms with van der Waals surface area (Å²) in [5, 5.41) is 6.39. The molecule has 0 spiro atoms. The average Bonchev–Trinajstić information content (AvgIpc) is 2.84. The second-order valence-corrected chi connectivity index (χ2v) is 5.62. The van der Waals surface area contributed by atoms with E-state index in [1.54, 1.807) is 11.3 Å². The molecule has 3 nitrogen and oxygen atoms in total. The van der Waals surface area contributed by atoms with Gasteiger partial charge in [-0.15, -0.1) is 11.3 Å². The van der Waals surface area contributed by atoms with Gasteiger partial charge in [-0.25, -0.2) is 4.98 Å². The summed E-state index contributed by atoms with van der Waals surface area (Å²) in [6.07, 6.45) is 2.71. The van der Waals surface area contributed by atoms with Crippen LogP contribution in [0.3, 0.4) is 0 Å². The van der Waals surface area contributed by atoms with E-state index in [1.807, 2.05) is 5.38 Å². The number of halogens is 1. The quantitative estimate of drug-likeness (QED) is 0.924. The lowest BCUT2D eigenvalue weighted by atomic mass is 10.3. The van der Waals surface area contributed by atoms with Crippen LogP contribution in [0, 0.1) is 0 Å². The number of nitrogens with zero attached hydrogens (tertiary/aromatic N) is 2. The molecule has 1 fully saturated rings. The minimum absolute atomic E-state index is 0.607. The molecule has 0 aliphatic carbocycles. The highest BCUT2D eigenvalue weighted by Gasteiger charge is 2.17. The van der Waals surface area contributed by atoms with Gasteiger partial charge in [-0.1, -0.05) is 0 Å². The lowest BCUT2D eigenvalue weighted by molar-refractivity contribution is 0.269. The van der Waals surface area contributed by atoms with Gasteiger partial charge in [-0.3, -0.25) is 4.90 Å². The zero-order valence-electron chi connectivity index (χ0n) is 8.87. The Morgan fingerprint density at radius 3 is 2.93 bits per heavy atom. The van der Waals surface area contributed by atoms with Gasteiger partial charge < -0.3 is 5.32 Å². The van der Waals surface area contributed by atoms with Crippen LogP contribution in [0.25, 0.3) is 0 Å². The molecule has 84 valence electrons. The maximum atomic E-state index is 4.31. The smallest absolute Gasteiger partial charge is 0.183 e. The fourth-order valence-corrected chi connectivity index (χ4v) is 3.04. The first kappa shape index (κ1) is 11.4. The van der Waals surface area contributed by atoms with Crippen LogP contribution in [0.1, 0.15) is 19.8 Å². The van der Waals surface area contributed by atoms with Crippen molar-refractivity contribution >= 4 is 32.4 Å². The lowest BCUT2D eigenvalue weighted by Crippen LogP contribution is -2.35. The molecule has 1 atom stereocenters. The fourth-order valence-electron chi connectivity index (χ4n) is 1.88. The van der Waals surface area contributed by atoms with Gasteiger partial charge in [0.1, 0.15) is 4.60 Å². The van der Waals surface area contributed by atoms with E-state index in [0.29, 0.717) is 6.04 Å². The zero-order chi connectivity index (χ0) is 10.7. The van der Waals surface area contributed by atoms with Crippen molar-refractivity contribution < 1.29 is 0 Å². The monoisotopic (exact) mass is 289 g/mol. The highest BCUT2D eigenvalue weighted by molar-refractivity contribution is 9.10. The Morgan fingerprint density at radius 1 is 1.60 bits per heavy atom. The molecule has 1 aromatic rings. The number of thiazole rings is 1. The Labute approximate surface area is 103 Å². The van der Waals surface area contributed by atoms with Crippen LogP contribution in [0.5, 0.6) is 0 Å². The largest absolute Gasteiger partial charge is 0.360 e. The van der Waals surface area contributed by atoms with Crippen LogP contribution < -0.4 is 5.32 Å². The Bertz CT molecular complexity index is 309. The zero-order valence-corrected chi connectivity index (χ0v) is 11.3. The van der Waals surface area contributed by atoms with Gasteiger partial charge in [-0.2, -0.15) is 0 Å². The van der Waals surface area contributed by atoms with E-state index >= 15 is 0 Å². The lowest BCUT2D eigenvalue weighted by Gasteiger charge is -2.23. The first-order valence-corrected chi connectivity index (χ1v) is 7.02. The van der Waals surface area contributed by atoms with Crippen LogP contribution in [0.4, 0.5) is 5.13 Å². The average molecular weight is 290 g/mol. The van der Waals surface area contributed by atoms with Crippen molar-refractivity contribution in [3.63, 3.8) is 0 Å². The molecule has 1 unspecified atom stereocenters. The predicted molar refractivity (Wildman–Crippen MR) is 68.6 cm³/mol. The van der Waals surface area contributed by atoms with Crippen molar-refractivity contribution in [1.29, 1.82) is 0 Å². The number of nitrogens with one attached hydrogen (secondary N) is 1. The normalized spacial score (nSPS) is 19.3. The topological polar surface area (TPSA) is 28.2 Å². The van der Waals surface area contributed by atoms with E-state index in [4.69, 9.17) is 0 Å². The van der Waals surface area contributed by atoms with E-state index in [2.05, 4.69) is 38.1 Å². The standard InChI is InChI=1S/C10H16BrN3S/c1-8(14-4-2-3-5-14)6-12-10-13-9(11)7-15-10/h7-8H,2-6H2,1H3,(H,12,13). The van der Waals surface area contributed by atoms with E-state index in [0.717, 1.165) is 16.3 Å².